The Morgan fingerprint density at radius 3 is 2.48 bits per heavy atom. The van der Waals surface area contributed by atoms with E-state index in [9.17, 15) is 4.79 Å². The van der Waals surface area contributed by atoms with Gasteiger partial charge in [0.25, 0.3) is 5.91 Å². The molecule has 176 valence electrons. The molecule has 0 saturated heterocycles. The number of amides is 1. The highest BCUT2D eigenvalue weighted by molar-refractivity contribution is 14.0. The van der Waals surface area contributed by atoms with Crippen LogP contribution in [0.25, 0.3) is 5.82 Å². The molecule has 0 atom stereocenters. The summed E-state index contributed by atoms with van der Waals surface area (Å²) in [5.41, 5.74) is 4.88. The van der Waals surface area contributed by atoms with Crippen LogP contribution in [0.15, 0.2) is 53.7 Å². The van der Waals surface area contributed by atoms with Gasteiger partial charge in [-0.05, 0) is 55.7 Å². The van der Waals surface area contributed by atoms with Crippen LogP contribution in [-0.4, -0.2) is 59.2 Å². The maximum absolute atomic E-state index is 12.1. The molecule has 0 aliphatic heterocycles. The number of aryl methyl sites for hydroxylation is 2. The number of pyridine rings is 1. The van der Waals surface area contributed by atoms with Crippen LogP contribution in [0.4, 0.5) is 0 Å². The second-order valence-electron chi connectivity index (χ2n) is 7.87. The fourth-order valence-electron chi connectivity index (χ4n) is 3.36. The average Bonchev–Trinajstić information content (AvgIpc) is 3.13. The van der Waals surface area contributed by atoms with E-state index in [0.29, 0.717) is 24.6 Å². The molecule has 0 unspecified atom stereocenters. The third kappa shape index (κ3) is 7.28. The summed E-state index contributed by atoms with van der Waals surface area (Å²) in [6.45, 7) is 5.30. The van der Waals surface area contributed by atoms with Crippen LogP contribution in [0.3, 0.4) is 0 Å². The van der Waals surface area contributed by atoms with Gasteiger partial charge >= 0.3 is 0 Å². The second-order valence-corrected chi connectivity index (χ2v) is 7.87. The summed E-state index contributed by atoms with van der Waals surface area (Å²) in [6, 6.07) is 13.8. The van der Waals surface area contributed by atoms with Gasteiger partial charge in [-0.1, -0.05) is 18.2 Å². The minimum atomic E-state index is 0. The Balaban J connectivity index is 0.00000385. The van der Waals surface area contributed by atoms with Gasteiger partial charge in [-0.3, -0.25) is 9.79 Å². The van der Waals surface area contributed by atoms with Gasteiger partial charge in [0.05, 0.1) is 5.69 Å². The number of rotatable bonds is 7. The second kappa shape index (κ2) is 12.3. The summed E-state index contributed by atoms with van der Waals surface area (Å²) in [4.78, 5) is 22.5. The molecule has 2 aromatic heterocycles. The molecule has 8 nitrogen and oxygen atoms in total. The van der Waals surface area contributed by atoms with Crippen molar-refractivity contribution in [2.75, 3.05) is 27.7 Å². The third-order valence-corrected chi connectivity index (χ3v) is 5.01. The molecule has 0 bridgehead atoms. The Kier molecular flexibility index (Phi) is 9.83. The fourth-order valence-corrected chi connectivity index (χ4v) is 3.36. The summed E-state index contributed by atoms with van der Waals surface area (Å²) in [5, 5.41) is 11.1. The van der Waals surface area contributed by atoms with Gasteiger partial charge in [0.15, 0.2) is 11.8 Å². The summed E-state index contributed by atoms with van der Waals surface area (Å²) < 4.78 is 1.84. The van der Waals surface area contributed by atoms with Crippen LogP contribution < -0.4 is 10.6 Å². The number of hydrogen-bond donors (Lipinski definition) is 2. The summed E-state index contributed by atoms with van der Waals surface area (Å²) in [7, 11) is 5.26. The Hall–Kier alpha value is -2.95. The lowest BCUT2D eigenvalue weighted by molar-refractivity contribution is 0.0827. The first-order valence-corrected chi connectivity index (χ1v) is 10.6. The Morgan fingerprint density at radius 1 is 1.09 bits per heavy atom. The smallest absolute Gasteiger partial charge is 0.253 e. The molecule has 2 heterocycles. The number of aliphatic imine (C=N–C) groups is 1. The Labute approximate surface area is 212 Å². The molecule has 1 amide bonds. The largest absolute Gasteiger partial charge is 0.356 e. The number of hydrogen-bond acceptors (Lipinski definition) is 4. The van der Waals surface area contributed by atoms with Gasteiger partial charge in [0, 0.05) is 51.7 Å². The van der Waals surface area contributed by atoms with Crippen molar-refractivity contribution in [1.29, 1.82) is 0 Å². The van der Waals surface area contributed by atoms with Crippen molar-refractivity contribution >= 4 is 35.8 Å². The molecule has 0 radical (unpaired) electrons. The van der Waals surface area contributed by atoms with Crippen molar-refractivity contribution in [3.63, 3.8) is 0 Å². The van der Waals surface area contributed by atoms with Gasteiger partial charge in [-0.2, -0.15) is 5.10 Å². The first kappa shape index (κ1) is 26.3. The molecule has 3 aromatic rings. The molecule has 3 rings (SSSR count). The van der Waals surface area contributed by atoms with Gasteiger partial charge in [-0.25, -0.2) is 9.67 Å². The molecule has 9 heteroatoms. The van der Waals surface area contributed by atoms with Gasteiger partial charge in [0.1, 0.15) is 0 Å². The number of aromatic nitrogens is 3. The van der Waals surface area contributed by atoms with E-state index < -0.39 is 0 Å². The van der Waals surface area contributed by atoms with Crippen LogP contribution in [-0.2, 0) is 13.0 Å². The van der Waals surface area contributed by atoms with Crippen molar-refractivity contribution in [2.24, 2.45) is 4.99 Å². The Morgan fingerprint density at radius 2 is 1.88 bits per heavy atom. The SMILES string of the molecule is CN=C(NCCc1cccc(C(=O)N(C)C)c1)NCc1ccc(-n2nc(C)cc2C)nc1.I. The van der Waals surface area contributed by atoms with E-state index in [2.05, 4.69) is 25.7 Å². The predicted octanol–water partition coefficient (Wildman–Crippen LogP) is 3.11. The predicted molar refractivity (Wildman–Crippen MR) is 143 cm³/mol. The van der Waals surface area contributed by atoms with Crippen molar-refractivity contribution in [3.8, 4) is 5.82 Å². The number of nitrogens with zero attached hydrogens (tertiary/aromatic N) is 5. The summed E-state index contributed by atoms with van der Waals surface area (Å²) >= 11 is 0. The topological polar surface area (TPSA) is 87.4 Å². The first-order valence-electron chi connectivity index (χ1n) is 10.6. The van der Waals surface area contributed by atoms with E-state index in [1.54, 1.807) is 26.0 Å². The lowest BCUT2D eigenvalue weighted by Gasteiger charge is -2.13. The molecular weight excluding hydrogens is 529 g/mol. The monoisotopic (exact) mass is 561 g/mol. The van der Waals surface area contributed by atoms with E-state index in [-0.39, 0.29) is 29.9 Å². The van der Waals surface area contributed by atoms with Gasteiger partial charge < -0.3 is 15.5 Å². The molecule has 0 spiro atoms. The molecule has 2 N–H and O–H groups in total. The van der Waals surface area contributed by atoms with Crippen LogP contribution in [0, 0.1) is 13.8 Å². The molecule has 1 aromatic carbocycles. The summed E-state index contributed by atoms with van der Waals surface area (Å²) in [5.74, 6) is 1.53. The molecular formula is C24H32IN7O. The molecule has 0 saturated carbocycles. The fraction of sp³-hybridized carbons (Fsp3) is 0.333. The van der Waals surface area contributed by atoms with E-state index >= 15 is 0 Å². The van der Waals surface area contributed by atoms with E-state index in [1.165, 1.54) is 0 Å². The number of carbonyl (C=O) groups is 1. The van der Waals surface area contributed by atoms with Crippen LogP contribution >= 0.6 is 24.0 Å². The first-order chi connectivity index (χ1) is 15.4. The number of halogens is 1. The van der Waals surface area contributed by atoms with Gasteiger partial charge in [-0.15, -0.1) is 24.0 Å². The number of guanidine groups is 1. The Bertz CT molecular complexity index is 1090. The molecule has 33 heavy (non-hydrogen) atoms. The lowest BCUT2D eigenvalue weighted by Crippen LogP contribution is -2.37. The lowest BCUT2D eigenvalue weighted by atomic mass is 10.1. The van der Waals surface area contributed by atoms with E-state index in [0.717, 1.165) is 34.8 Å². The zero-order valence-corrected chi connectivity index (χ0v) is 22.1. The highest BCUT2D eigenvalue weighted by atomic mass is 127. The van der Waals surface area contributed by atoms with Crippen LogP contribution in [0.5, 0.6) is 0 Å². The van der Waals surface area contributed by atoms with Crippen molar-refractivity contribution < 1.29 is 4.79 Å². The zero-order valence-electron chi connectivity index (χ0n) is 19.8. The summed E-state index contributed by atoms with van der Waals surface area (Å²) in [6.07, 6.45) is 2.63. The highest BCUT2D eigenvalue weighted by Crippen LogP contribution is 2.10. The minimum Gasteiger partial charge on any atom is -0.356 e. The van der Waals surface area contributed by atoms with Crippen molar-refractivity contribution in [2.45, 2.75) is 26.8 Å². The minimum absolute atomic E-state index is 0. The van der Waals surface area contributed by atoms with Crippen molar-refractivity contribution in [1.82, 2.24) is 30.3 Å². The molecule has 0 aliphatic carbocycles. The normalized spacial score (nSPS) is 11.0. The maximum Gasteiger partial charge on any atom is 0.253 e. The van der Waals surface area contributed by atoms with Crippen LogP contribution in [0.1, 0.15) is 32.9 Å². The van der Waals surface area contributed by atoms with Crippen molar-refractivity contribution in [3.05, 3.63) is 76.7 Å². The van der Waals surface area contributed by atoms with E-state index in [1.807, 2.05) is 67.2 Å². The van der Waals surface area contributed by atoms with E-state index in [4.69, 9.17) is 0 Å². The third-order valence-electron chi connectivity index (χ3n) is 5.01. The number of carbonyl (C=O) groups excluding carboxylic acids is 1. The van der Waals surface area contributed by atoms with Crippen LogP contribution in [0.2, 0.25) is 0 Å². The zero-order chi connectivity index (χ0) is 23.1. The van der Waals surface area contributed by atoms with Gasteiger partial charge in [0.2, 0.25) is 0 Å². The average molecular weight is 561 g/mol. The maximum atomic E-state index is 12.1. The molecule has 0 fully saturated rings. The number of nitrogens with one attached hydrogen (secondary N) is 2. The number of benzene rings is 1. The molecule has 0 aliphatic rings. The standard InChI is InChI=1S/C24H31N7O.HI/c1-17-13-18(2)31(29-17)22-10-9-20(15-27-22)16-28-24(25-3)26-12-11-19-7-6-8-21(14-19)23(32)30(4)5;/h6-10,13-15H,11-12,16H2,1-5H3,(H2,25,26,28);1H. The highest BCUT2D eigenvalue weighted by Gasteiger charge is 2.08. The quantitative estimate of drug-likeness (QED) is 0.263.